The molecule has 166 valence electrons. The van der Waals surface area contributed by atoms with Crippen LogP contribution >= 0.6 is 0 Å². The first-order valence-corrected chi connectivity index (χ1v) is 11.4. The van der Waals surface area contributed by atoms with Crippen molar-refractivity contribution in [3.05, 3.63) is 59.9 Å². The number of carbonyl (C=O) groups is 1. The van der Waals surface area contributed by atoms with Crippen LogP contribution in [0.25, 0.3) is 11.4 Å². The van der Waals surface area contributed by atoms with Gasteiger partial charge in [0.1, 0.15) is 11.6 Å². The van der Waals surface area contributed by atoms with E-state index >= 15 is 0 Å². The zero-order valence-corrected chi connectivity index (χ0v) is 18.3. The quantitative estimate of drug-likeness (QED) is 0.576. The van der Waals surface area contributed by atoms with Crippen LogP contribution in [0.3, 0.4) is 0 Å². The van der Waals surface area contributed by atoms with Crippen LogP contribution in [0.1, 0.15) is 49.1 Å². The molecule has 33 heavy (non-hydrogen) atoms. The summed E-state index contributed by atoms with van der Waals surface area (Å²) in [6.07, 6.45) is 8.91. The summed E-state index contributed by atoms with van der Waals surface area (Å²) in [4.78, 5) is 27.9. The summed E-state index contributed by atoms with van der Waals surface area (Å²) >= 11 is 0. The van der Waals surface area contributed by atoms with Crippen LogP contribution in [-0.4, -0.2) is 39.0 Å². The highest BCUT2D eigenvalue weighted by atomic mass is 16.2. The number of amides is 2. The first-order valence-electron chi connectivity index (χ1n) is 11.4. The second-order valence-corrected chi connectivity index (χ2v) is 8.52. The molecule has 3 aromatic rings. The Labute approximate surface area is 192 Å². The van der Waals surface area contributed by atoms with Crippen LogP contribution in [0, 0.1) is 11.3 Å². The molecule has 1 aliphatic heterocycles. The fourth-order valence-electron chi connectivity index (χ4n) is 4.02. The third-order valence-electron chi connectivity index (χ3n) is 5.96. The molecule has 1 saturated carbocycles. The summed E-state index contributed by atoms with van der Waals surface area (Å²) in [5.41, 5.74) is 3.91. The minimum Gasteiger partial charge on any atom is -0.325 e. The number of nitriles is 1. The molecule has 4 heterocycles. The number of anilines is 3. The van der Waals surface area contributed by atoms with Gasteiger partial charge in [-0.1, -0.05) is 0 Å². The number of aromatic nitrogens is 3. The maximum absolute atomic E-state index is 12.5. The predicted octanol–water partition coefficient (Wildman–Crippen LogP) is 5.05. The molecule has 2 aliphatic rings. The summed E-state index contributed by atoms with van der Waals surface area (Å²) in [6.45, 7) is 1.61. The number of nitrogens with zero attached hydrogens (tertiary/aromatic N) is 5. The number of piperidine rings is 1. The number of carbonyl (C=O) groups excluding carboxylic acids is 1. The smallest absolute Gasteiger partial charge is 0.321 e. The van der Waals surface area contributed by atoms with Gasteiger partial charge in [-0.3, -0.25) is 4.98 Å². The lowest BCUT2D eigenvalue weighted by Crippen LogP contribution is -2.38. The number of rotatable bonds is 5. The SMILES string of the molecule is N#Cc1ccnc(Nc2cc(C3CC3)cc(-c3ccc(NC(=O)N4CCCCC4)cn3)n2)c1. The fourth-order valence-corrected chi connectivity index (χ4v) is 4.02. The van der Waals surface area contributed by atoms with Crippen LogP contribution in [0.15, 0.2) is 48.8 Å². The van der Waals surface area contributed by atoms with Crippen LogP contribution in [0.5, 0.6) is 0 Å². The van der Waals surface area contributed by atoms with Gasteiger partial charge >= 0.3 is 6.03 Å². The summed E-state index contributed by atoms with van der Waals surface area (Å²) < 4.78 is 0. The van der Waals surface area contributed by atoms with Crippen LogP contribution < -0.4 is 10.6 Å². The molecule has 1 saturated heterocycles. The largest absolute Gasteiger partial charge is 0.325 e. The second kappa shape index (κ2) is 9.25. The fraction of sp³-hybridized carbons (Fsp3) is 0.320. The van der Waals surface area contributed by atoms with E-state index in [0.717, 1.165) is 37.3 Å². The minimum atomic E-state index is -0.0725. The molecule has 8 nitrogen and oxygen atoms in total. The summed E-state index contributed by atoms with van der Waals surface area (Å²) in [7, 11) is 0. The van der Waals surface area contributed by atoms with E-state index in [1.807, 2.05) is 23.1 Å². The third kappa shape index (κ3) is 5.09. The molecule has 1 aliphatic carbocycles. The lowest BCUT2D eigenvalue weighted by molar-refractivity contribution is 0.200. The van der Waals surface area contributed by atoms with E-state index in [2.05, 4.69) is 32.7 Å². The van der Waals surface area contributed by atoms with Crippen molar-refractivity contribution in [2.75, 3.05) is 23.7 Å². The first kappa shape index (κ1) is 20.9. The highest BCUT2D eigenvalue weighted by Crippen LogP contribution is 2.41. The molecule has 0 radical (unpaired) electrons. The van der Waals surface area contributed by atoms with Gasteiger partial charge in [-0.15, -0.1) is 0 Å². The minimum absolute atomic E-state index is 0.0725. The van der Waals surface area contributed by atoms with Crippen LogP contribution in [-0.2, 0) is 0 Å². The van der Waals surface area contributed by atoms with Crippen molar-refractivity contribution >= 4 is 23.4 Å². The average Bonchev–Trinajstić information content (AvgIpc) is 3.71. The maximum atomic E-state index is 12.5. The van der Waals surface area contributed by atoms with E-state index in [0.29, 0.717) is 28.8 Å². The van der Waals surface area contributed by atoms with Gasteiger partial charge < -0.3 is 15.5 Å². The zero-order valence-electron chi connectivity index (χ0n) is 18.3. The number of nitrogens with one attached hydrogen (secondary N) is 2. The molecule has 0 spiro atoms. The van der Waals surface area contributed by atoms with Gasteiger partial charge in [-0.05, 0) is 80.0 Å². The number of hydrogen-bond donors (Lipinski definition) is 2. The average molecular weight is 440 g/mol. The molecule has 0 unspecified atom stereocenters. The Kier molecular flexibility index (Phi) is 5.85. The molecule has 0 bridgehead atoms. The lowest BCUT2D eigenvalue weighted by Gasteiger charge is -2.26. The van der Waals surface area contributed by atoms with Crippen molar-refractivity contribution < 1.29 is 4.79 Å². The van der Waals surface area contributed by atoms with Gasteiger partial charge in [-0.25, -0.2) is 14.8 Å². The van der Waals surface area contributed by atoms with Crippen LogP contribution in [0.2, 0.25) is 0 Å². The molecule has 2 fully saturated rings. The second-order valence-electron chi connectivity index (χ2n) is 8.52. The van der Waals surface area contributed by atoms with Crippen LogP contribution in [0.4, 0.5) is 22.1 Å². The topological polar surface area (TPSA) is 107 Å². The zero-order chi connectivity index (χ0) is 22.6. The molecule has 8 heteroatoms. The van der Waals surface area contributed by atoms with Crippen molar-refractivity contribution in [1.82, 2.24) is 19.9 Å². The predicted molar refractivity (Wildman–Crippen MR) is 126 cm³/mol. The molecule has 0 atom stereocenters. The lowest BCUT2D eigenvalue weighted by atomic mass is 10.1. The standard InChI is InChI=1S/C25H25N7O/c26-15-17-8-9-27-23(12-17)31-24-14-19(18-4-5-18)13-22(30-24)21-7-6-20(16-28-21)29-25(33)32-10-2-1-3-11-32/h6-9,12-14,16,18H,1-5,10-11H2,(H,29,33)(H,27,30,31). The van der Waals surface area contributed by atoms with Gasteiger partial charge in [-0.2, -0.15) is 5.26 Å². The van der Waals surface area contributed by atoms with Gasteiger partial charge in [0.25, 0.3) is 0 Å². The van der Waals surface area contributed by atoms with E-state index in [-0.39, 0.29) is 6.03 Å². The number of urea groups is 1. The first-order chi connectivity index (χ1) is 16.2. The highest BCUT2D eigenvalue weighted by Gasteiger charge is 2.25. The maximum Gasteiger partial charge on any atom is 0.321 e. The normalized spacial score (nSPS) is 15.5. The van der Waals surface area contributed by atoms with Gasteiger partial charge in [0, 0.05) is 19.3 Å². The summed E-state index contributed by atoms with van der Waals surface area (Å²) in [6, 6.07) is 13.3. The molecule has 5 rings (SSSR count). The van der Waals surface area contributed by atoms with Gasteiger partial charge in [0.15, 0.2) is 0 Å². The number of likely N-dealkylation sites (tertiary alicyclic amines) is 1. The Bertz CT molecular complexity index is 1190. The van der Waals surface area contributed by atoms with Crippen molar-refractivity contribution in [2.24, 2.45) is 0 Å². The Morgan fingerprint density at radius 1 is 1.00 bits per heavy atom. The number of hydrogen-bond acceptors (Lipinski definition) is 6. The van der Waals surface area contributed by atoms with Gasteiger partial charge in [0.2, 0.25) is 0 Å². The van der Waals surface area contributed by atoms with Crippen molar-refractivity contribution in [3.8, 4) is 17.5 Å². The van der Waals surface area contributed by atoms with Gasteiger partial charge in [0.05, 0.1) is 34.9 Å². The van der Waals surface area contributed by atoms with Crippen molar-refractivity contribution in [3.63, 3.8) is 0 Å². The molecule has 2 N–H and O–H groups in total. The Morgan fingerprint density at radius 2 is 1.85 bits per heavy atom. The monoisotopic (exact) mass is 439 g/mol. The van der Waals surface area contributed by atoms with Crippen molar-refractivity contribution in [2.45, 2.75) is 38.0 Å². The summed E-state index contributed by atoms with van der Waals surface area (Å²) in [5.74, 6) is 1.78. The number of pyridine rings is 3. The van der Waals surface area contributed by atoms with E-state index < -0.39 is 0 Å². The molecule has 3 aromatic heterocycles. The molecular weight excluding hydrogens is 414 g/mol. The van der Waals surface area contributed by atoms with E-state index in [1.165, 1.54) is 24.8 Å². The summed E-state index contributed by atoms with van der Waals surface area (Å²) in [5, 5.41) is 15.3. The third-order valence-corrected chi connectivity index (χ3v) is 5.96. The van der Waals surface area contributed by atoms with E-state index in [9.17, 15) is 4.79 Å². The van der Waals surface area contributed by atoms with Crippen molar-refractivity contribution in [1.29, 1.82) is 5.26 Å². The Morgan fingerprint density at radius 3 is 2.58 bits per heavy atom. The van der Waals surface area contributed by atoms with E-state index in [1.54, 1.807) is 24.5 Å². The molecule has 2 amide bonds. The Hall–Kier alpha value is -3.99. The molecular formula is C25H25N7O. The molecule has 0 aromatic carbocycles. The highest BCUT2D eigenvalue weighted by molar-refractivity contribution is 5.89. The Balaban J connectivity index is 1.35. The van der Waals surface area contributed by atoms with E-state index in [4.69, 9.17) is 10.2 Å².